The third kappa shape index (κ3) is 3.54. The van der Waals surface area contributed by atoms with Crippen molar-refractivity contribution in [1.82, 2.24) is 10.3 Å². The van der Waals surface area contributed by atoms with Crippen molar-refractivity contribution < 1.29 is 9.20 Å². The highest BCUT2D eigenvalue weighted by molar-refractivity contribution is 6.30. The van der Waals surface area contributed by atoms with Gasteiger partial charge in [-0.05, 0) is 36.6 Å². The third-order valence-electron chi connectivity index (χ3n) is 4.58. The Balaban J connectivity index is 2.07. The molecule has 3 rings (SSSR count). The van der Waals surface area contributed by atoms with Crippen LogP contribution in [-0.2, 0) is 0 Å². The fraction of sp³-hybridized carbons (Fsp3) is 0.300. The summed E-state index contributed by atoms with van der Waals surface area (Å²) in [7, 11) is 0. The van der Waals surface area contributed by atoms with Gasteiger partial charge in [-0.2, -0.15) is 4.40 Å². The van der Waals surface area contributed by atoms with Gasteiger partial charge in [0.25, 0.3) is 0 Å². The Morgan fingerprint density at radius 2 is 1.96 bits per heavy atom. The Morgan fingerprint density at radius 3 is 2.64 bits per heavy atom. The van der Waals surface area contributed by atoms with E-state index in [1.807, 2.05) is 60.0 Å². The van der Waals surface area contributed by atoms with E-state index in [0.29, 0.717) is 10.8 Å². The molecular formula is C20H23ClN3O+. The van der Waals surface area contributed by atoms with Crippen LogP contribution in [0.2, 0.25) is 5.02 Å². The smallest absolute Gasteiger partial charge is 0.343 e. The number of hydrogen-bond acceptors (Lipinski definition) is 1. The van der Waals surface area contributed by atoms with Crippen molar-refractivity contribution in [3.63, 3.8) is 0 Å². The average Bonchev–Trinajstić information content (AvgIpc) is 2.93. The lowest BCUT2D eigenvalue weighted by Crippen LogP contribution is -2.44. The number of benzene rings is 1. The lowest BCUT2D eigenvalue weighted by atomic mass is 9.88. The number of aromatic amines is 1. The number of halogens is 1. The van der Waals surface area contributed by atoms with Gasteiger partial charge >= 0.3 is 11.7 Å². The van der Waals surface area contributed by atoms with E-state index in [9.17, 15) is 4.79 Å². The Morgan fingerprint density at radius 1 is 1.20 bits per heavy atom. The number of rotatable bonds is 3. The van der Waals surface area contributed by atoms with Crippen molar-refractivity contribution in [2.45, 2.75) is 33.7 Å². The third-order valence-corrected chi connectivity index (χ3v) is 4.81. The molecule has 0 aliphatic heterocycles. The summed E-state index contributed by atoms with van der Waals surface area (Å²) < 4.78 is 1.88. The predicted octanol–water partition coefficient (Wildman–Crippen LogP) is 4.24. The largest absolute Gasteiger partial charge is 0.351 e. The number of amides is 1. The van der Waals surface area contributed by atoms with Gasteiger partial charge in [-0.1, -0.05) is 50.6 Å². The van der Waals surface area contributed by atoms with Gasteiger partial charge in [0.1, 0.15) is 0 Å². The van der Waals surface area contributed by atoms with Crippen LogP contribution in [0.1, 0.15) is 38.3 Å². The van der Waals surface area contributed by atoms with Crippen LogP contribution in [0.4, 0.5) is 0 Å². The van der Waals surface area contributed by atoms with Crippen molar-refractivity contribution in [1.29, 1.82) is 0 Å². The van der Waals surface area contributed by atoms with Gasteiger partial charge < -0.3 is 5.32 Å². The van der Waals surface area contributed by atoms with Crippen LogP contribution >= 0.6 is 11.6 Å². The summed E-state index contributed by atoms with van der Waals surface area (Å²) in [5, 5.41) is 3.75. The maximum Gasteiger partial charge on any atom is 0.351 e. The summed E-state index contributed by atoms with van der Waals surface area (Å²) in [6, 6.07) is 13.5. The molecule has 1 atom stereocenters. The number of H-pyrrole nitrogens is 1. The first-order chi connectivity index (χ1) is 11.8. The molecule has 2 N–H and O–H groups in total. The van der Waals surface area contributed by atoms with Crippen molar-refractivity contribution >= 4 is 23.0 Å². The van der Waals surface area contributed by atoms with Gasteiger partial charge in [0.15, 0.2) is 11.2 Å². The van der Waals surface area contributed by atoms with E-state index in [0.717, 1.165) is 16.8 Å². The second kappa shape index (κ2) is 6.52. The van der Waals surface area contributed by atoms with E-state index in [2.05, 4.69) is 31.1 Å². The summed E-state index contributed by atoms with van der Waals surface area (Å²) in [5.74, 6) is 0.374. The Hall–Kier alpha value is -2.33. The number of nitrogens with one attached hydrogen (secondary N) is 2. The Bertz CT molecular complexity index is 924. The van der Waals surface area contributed by atoms with Crippen LogP contribution in [0.15, 0.2) is 48.7 Å². The van der Waals surface area contributed by atoms with Crippen molar-refractivity contribution in [2.24, 2.45) is 5.41 Å². The average molecular weight is 357 g/mol. The van der Waals surface area contributed by atoms with Crippen molar-refractivity contribution in [3.05, 3.63) is 59.5 Å². The molecule has 0 aliphatic rings. The SMILES string of the molecule is C[C@H](NC(=O)c1[nH]c(-c2cccc(Cl)c2)c2cccc[n+]12)C(C)(C)C. The second-order valence-corrected chi connectivity index (χ2v) is 7.81. The minimum atomic E-state index is -0.128. The summed E-state index contributed by atoms with van der Waals surface area (Å²) in [6.07, 6.45) is 1.89. The molecule has 5 heteroatoms. The van der Waals surface area contributed by atoms with E-state index in [-0.39, 0.29) is 17.4 Å². The molecule has 0 spiro atoms. The van der Waals surface area contributed by atoms with Gasteiger partial charge in [-0.25, -0.2) is 4.98 Å². The van der Waals surface area contributed by atoms with E-state index < -0.39 is 0 Å². The highest BCUT2D eigenvalue weighted by Gasteiger charge is 2.29. The predicted molar refractivity (Wildman–Crippen MR) is 101 cm³/mol. The summed E-state index contributed by atoms with van der Waals surface area (Å²) in [6.45, 7) is 8.34. The molecule has 130 valence electrons. The Kier molecular flexibility index (Phi) is 4.56. The quantitative estimate of drug-likeness (QED) is 0.677. The molecule has 4 nitrogen and oxygen atoms in total. The molecule has 0 aliphatic carbocycles. The number of nitrogens with zero attached hydrogens (tertiary/aromatic N) is 1. The molecule has 0 radical (unpaired) electrons. The number of imidazole rings is 1. The molecule has 1 amide bonds. The normalized spacial score (nSPS) is 13.0. The van der Waals surface area contributed by atoms with Crippen molar-refractivity contribution in [2.75, 3.05) is 0 Å². The van der Waals surface area contributed by atoms with Gasteiger partial charge in [0.05, 0.1) is 6.20 Å². The van der Waals surface area contributed by atoms with Crippen LogP contribution in [0.25, 0.3) is 16.8 Å². The minimum Gasteiger partial charge on any atom is -0.343 e. The zero-order chi connectivity index (χ0) is 18.2. The lowest BCUT2D eigenvalue weighted by molar-refractivity contribution is -0.514. The van der Waals surface area contributed by atoms with E-state index >= 15 is 0 Å². The number of fused-ring (bicyclic) bond motifs is 1. The van der Waals surface area contributed by atoms with Gasteiger partial charge in [0, 0.05) is 16.6 Å². The highest BCUT2D eigenvalue weighted by atomic mass is 35.5. The maximum absolute atomic E-state index is 12.8. The number of aromatic nitrogens is 2. The van der Waals surface area contributed by atoms with Gasteiger partial charge in [0.2, 0.25) is 0 Å². The van der Waals surface area contributed by atoms with Crippen molar-refractivity contribution in [3.8, 4) is 11.3 Å². The first-order valence-corrected chi connectivity index (χ1v) is 8.74. The number of hydrogen-bond donors (Lipinski definition) is 2. The molecular weight excluding hydrogens is 334 g/mol. The molecule has 1 aromatic carbocycles. The number of carbonyl (C=O) groups is 1. The minimum absolute atomic E-state index is 0.0154. The molecule has 0 fully saturated rings. The number of pyridine rings is 1. The summed E-state index contributed by atoms with van der Waals surface area (Å²) in [5.41, 5.74) is 2.73. The molecule has 3 aromatic rings. The van der Waals surface area contributed by atoms with Gasteiger partial charge in [-0.3, -0.25) is 4.79 Å². The zero-order valence-corrected chi connectivity index (χ0v) is 15.7. The molecule has 0 saturated heterocycles. The summed E-state index contributed by atoms with van der Waals surface area (Å²) in [4.78, 5) is 16.1. The molecule has 25 heavy (non-hydrogen) atoms. The molecule has 0 unspecified atom stereocenters. The van der Waals surface area contributed by atoms with E-state index in [1.54, 1.807) is 0 Å². The summed E-state index contributed by atoms with van der Waals surface area (Å²) >= 11 is 6.13. The molecule has 0 bridgehead atoms. The fourth-order valence-electron chi connectivity index (χ4n) is 2.60. The molecule has 2 heterocycles. The fourth-order valence-corrected chi connectivity index (χ4v) is 2.79. The second-order valence-electron chi connectivity index (χ2n) is 7.38. The number of carbonyl (C=O) groups excluding carboxylic acids is 1. The highest BCUT2D eigenvalue weighted by Crippen LogP contribution is 2.25. The van der Waals surface area contributed by atoms with Crippen LogP contribution in [0, 0.1) is 5.41 Å². The molecule has 2 aromatic heterocycles. The van der Waals surface area contributed by atoms with Crippen LogP contribution in [0.5, 0.6) is 0 Å². The van der Waals surface area contributed by atoms with Crippen LogP contribution < -0.4 is 9.72 Å². The van der Waals surface area contributed by atoms with E-state index in [1.165, 1.54) is 0 Å². The zero-order valence-electron chi connectivity index (χ0n) is 14.9. The standard InChI is InChI=1S/C20H22ClN3O/c1-13(20(2,3)4)22-19(25)18-23-17(14-8-7-9-15(21)12-14)16-10-5-6-11-24(16)18/h5-13H,1-4H3,(H,22,25)/p+1/t13-/m0/s1. The first kappa shape index (κ1) is 17.5. The topological polar surface area (TPSA) is 49.0 Å². The molecule has 0 saturated carbocycles. The Labute approximate surface area is 152 Å². The van der Waals surface area contributed by atoms with Crippen LogP contribution in [-0.4, -0.2) is 16.9 Å². The monoisotopic (exact) mass is 356 g/mol. The van der Waals surface area contributed by atoms with Crippen LogP contribution in [0.3, 0.4) is 0 Å². The maximum atomic E-state index is 12.8. The first-order valence-electron chi connectivity index (χ1n) is 8.36. The van der Waals surface area contributed by atoms with E-state index in [4.69, 9.17) is 11.6 Å². The lowest BCUT2D eigenvalue weighted by Gasteiger charge is -2.27. The van der Waals surface area contributed by atoms with Gasteiger partial charge in [-0.15, -0.1) is 0 Å².